The van der Waals surface area contributed by atoms with Gasteiger partial charge in [-0.15, -0.1) is 0 Å². The van der Waals surface area contributed by atoms with Crippen LogP contribution in [0, 0.1) is 17.1 Å². The Morgan fingerprint density at radius 2 is 1.92 bits per heavy atom. The molecule has 2 heteroatoms. The maximum absolute atomic E-state index is 12.9. The lowest BCUT2D eigenvalue weighted by atomic mass is 9.86. The third-order valence-electron chi connectivity index (χ3n) is 1.95. The molecule has 68 valence electrons. The predicted octanol–water partition coefficient (Wildman–Crippen LogP) is 2.99. The molecule has 0 aromatic heterocycles. The van der Waals surface area contributed by atoms with Gasteiger partial charge in [0.2, 0.25) is 0 Å². The summed E-state index contributed by atoms with van der Waals surface area (Å²) < 4.78 is 12.9. The molecule has 0 atom stereocenters. The summed E-state index contributed by atoms with van der Waals surface area (Å²) in [6.07, 6.45) is 0. The van der Waals surface area contributed by atoms with Crippen LogP contribution in [0.5, 0.6) is 0 Å². The lowest BCUT2D eigenvalue weighted by Crippen LogP contribution is -2.11. The van der Waals surface area contributed by atoms with Crippen LogP contribution in [0.1, 0.15) is 31.9 Å². The Labute approximate surface area is 77.8 Å². The lowest BCUT2D eigenvalue weighted by Gasteiger charge is -2.18. The van der Waals surface area contributed by atoms with Crippen molar-refractivity contribution < 1.29 is 4.39 Å². The van der Waals surface area contributed by atoms with E-state index in [0.717, 1.165) is 5.56 Å². The maximum atomic E-state index is 12.9. The standard InChI is InChI=1S/C11H12FN/c1-11(2,3)9-4-5-10(12)8(6-9)7-13/h4-6H,1-3H3. The largest absolute Gasteiger partial charge is 0.206 e. The Bertz CT molecular complexity index is 355. The summed E-state index contributed by atoms with van der Waals surface area (Å²) >= 11 is 0. The number of nitrogens with zero attached hydrogens (tertiary/aromatic N) is 1. The molecule has 1 aromatic rings. The summed E-state index contributed by atoms with van der Waals surface area (Å²) in [5.74, 6) is -0.449. The Morgan fingerprint density at radius 1 is 1.31 bits per heavy atom. The second-order valence-corrected chi connectivity index (χ2v) is 4.06. The summed E-state index contributed by atoms with van der Waals surface area (Å²) in [5, 5.41) is 8.62. The summed E-state index contributed by atoms with van der Waals surface area (Å²) in [6.45, 7) is 6.09. The fraction of sp³-hybridized carbons (Fsp3) is 0.364. The van der Waals surface area contributed by atoms with Gasteiger partial charge < -0.3 is 0 Å². The molecule has 0 saturated heterocycles. The number of hydrogen-bond donors (Lipinski definition) is 0. The highest BCUT2D eigenvalue weighted by atomic mass is 19.1. The van der Waals surface area contributed by atoms with Crippen LogP contribution in [0.15, 0.2) is 18.2 Å². The topological polar surface area (TPSA) is 23.8 Å². The van der Waals surface area contributed by atoms with Crippen molar-refractivity contribution in [2.75, 3.05) is 0 Å². The van der Waals surface area contributed by atoms with E-state index < -0.39 is 5.82 Å². The zero-order valence-corrected chi connectivity index (χ0v) is 8.06. The number of rotatable bonds is 0. The molecule has 0 heterocycles. The highest BCUT2D eigenvalue weighted by Crippen LogP contribution is 2.23. The molecule has 1 nitrogen and oxygen atoms in total. The van der Waals surface area contributed by atoms with Crippen molar-refractivity contribution >= 4 is 0 Å². The number of benzene rings is 1. The molecule has 0 bridgehead atoms. The van der Waals surface area contributed by atoms with Gasteiger partial charge in [-0.05, 0) is 23.1 Å². The second-order valence-electron chi connectivity index (χ2n) is 4.06. The van der Waals surface area contributed by atoms with Crippen LogP contribution in [0.25, 0.3) is 0 Å². The summed E-state index contributed by atoms with van der Waals surface area (Å²) in [7, 11) is 0. The van der Waals surface area contributed by atoms with Gasteiger partial charge in [0.15, 0.2) is 0 Å². The van der Waals surface area contributed by atoms with E-state index >= 15 is 0 Å². The van der Waals surface area contributed by atoms with Crippen molar-refractivity contribution in [1.29, 1.82) is 5.26 Å². The van der Waals surface area contributed by atoms with Crippen molar-refractivity contribution in [2.45, 2.75) is 26.2 Å². The van der Waals surface area contributed by atoms with E-state index in [1.807, 2.05) is 26.8 Å². The molecule has 0 N–H and O–H groups in total. The summed E-state index contributed by atoms with van der Waals surface area (Å²) in [4.78, 5) is 0. The summed E-state index contributed by atoms with van der Waals surface area (Å²) in [6, 6.07) is 6.50. The first kappa shape index (κ1) is 9.73. The minimum Gasteiger partial charge on any atom is -0.206 e. The molecule has 0 aliphatic rings. The van der Waals surface area contributed by atoms with E-state index in [4.69, 9.17) is 5.26 Å². The minimum atomic E-state index is -0.449. The molecular formula is C11H12FN. The van der Waals surface area contributed by atoms with Gasteiger partial charge in [-0.3, -0.25) is 0 Å². The van der Waals surface area contributed by atoms with Crippen LogP contribution in [-0.2, 0) is 5.41 Å². The minimum absolute atomic E-state index is 0.0424. The van der Waals surface area contributed by atoms with E-state index in [1.165, 1.54) is 6.07 Å². The van der Waals surface area contributed by atoms with E-state index in [9.17, 15) is 4.39 Å². The van der Waals surface area contributed by atoms with E-state index in [0.29, 0.717) is 0 Å². The van der Waals surface area contributed by atoms with Gasteiger partial charge >= 0.3 is 0 Å². The Balaban J connectivity index is 3.24. The molecule has 0 saturated carbocycles. The normalized spacial score (nSPS) is 11.0. The van der Waals surface area contributed by atoms with E-state index in [1.54, 1.807) is 12.1 Å². The van der Waals surface area contributed by atoms with Crippen LogP contribution in [0.3, 0.4) is 0 Å². The molecule has 0 unspecified atom stereocenters. The van der Waals surface area contributed by atoms with Crippen LogP contribution in [0.4, 0.5) is 4.39 Å². The number of hydrogen-bond acceptors (Lipinski definition) is 1. The van der Waals surface area contributed by atoms with E-state index in [-0.39, 0.29) is 11.0 Å². The van der Waals surface area contributed by atoms with Gasteiger partial charge in [0.1, 0.15) is 11.9 Å². The molecule has 1 aromatic carbocycles. The quantitative estimate of drug-likeness (QED) is 0.597. The SMILES string of the molecule is CC(C)(C)c1ccc(F)c(C#N)c1. The average molecular weight is 177 g/mol. The fourth-order valence-corrected chi connectivity index (χ4v) is 1.08. The Hall–Kier alpha value is -1.36. The second kappa shape index (κ2) is 3.18. The zero-order valence-electron chi connectivity index (χ0n) is 8.06. The molecule has 0 radical (unpaired) electrons. The van der Waals surface area contributed by atoms with Crippen molar-refractivity contribution in [1.82, 2.24) is 0 Å². The fourth-order valence-electron chi connectivity index (χ4n) is 1.08. The molecule has 0 fully saturated rings. The van der Waals surface area contributed by atoms with Crippen molar-refractivity contribution in [2.24, 2.45) is 0 Å². The highest BCUT2D eigenvalue weighted by Gasteiger charge is 2.15. The van der Waals surface area contributed by atoms with Crippen LogP contribution in [-0.4, -0.2) is 0 Å². The molecule has 0 spiro atoms. The highest BCUT2D eigenvalue weighted by molar-refractivity contribution is 5.36. The van der Waals surface area contributed by atoms with Gasteiger partial charge in [0, 0.05) is 0 Å². The van der Waals surface area contributed by atoms with Crippen LogP contribution < -0.4 is 0 Å². The van der Waals surface area contributed by atoms with Gasteiger partial charge in [-0.2, -0.15) is 5.26 Å². The average Bonchev–Trinajstić information content (AvgIpc) is 2.03. The molecule has 1 rings (SSSR count). The first-order chi connectivity index (χ1) is 5.95. The Kier molecular flexibility index (Phi) is 2.38. The predicted molar refractivity (Wildman–Crippen MR) is 49.8 cm³/mol. The Morgan fingerprint density at radius 3 is 2.38 bits per heavy atom. The molecule has 0 aliphatic carbocycles. The monoisotopic (exact) mass is 177 g/mol. The van der Waals surface area contributed by atoms with Crippen molar-refractivity contribution in [3.63, 3.8) is 0 Å². The molecule has 0 aliphatic heterocycles. The van der Waals surface area contributed by atoms with Crippen LogP contribution >= 0.6 is 0 Å². The maximum Gasteiger partial charge on any atom is 0.140 e. The third kappa shape index (κ3) is 2.06. The summed E-state index contributed by atoms with van der Waals surface area (Å²) in [5.41, 5.74) is 1.05. The van der Waals surface area contributed by atoms with Crippen molar-refractivity contribution in [3.05, 3.63) is 35.1 Å². The lowest BCUT2D eigenvalue weighted by molar-refractivity contribution is 0.581. The van der Waals surface area contributed by atoms with Gasteiger partial charge in [-0.25, -0.2) is 4.39 Å². The van der Waals surface area contributed by atoms with Gasteiger partial charge in [-0.1, -0.05) is 26.8 Å². The van der Waals surface area contributed by atoms with Crippen LogP contribution in [0.2, 0.25) is 0 Å². The smallest absolute Gasteiger partial charge is 0.140 e. The van der Waals surface area contributed by atoms with E-state index in [2.05, 4.69) is 0 Å². The van der Waals surface area contributed by atoms with Gasteiger partial charge in [0.25, 0.3) is 0 Å². The zero-order chi connectivity index (χ0) is 10.1. The first-order valence-corrected chi connectivity index (χ1v) is 4.15. The number of nitriles is 1. The number of halogens is 1. The molecular weight excluding hydrogens is 165 g/mol. The first-order valence-electron chi connectivity index (χ1n) is 4.15. The van der Waals surface area contributed by atoms with Crippen molar-refractivity contribution in [3.8, 4) is 6.07 Å². The molecule has 0 amide bonds. The third-order valence-corrected chi connectivity index (χ3v) is 1.95. The molecule has 13 heavy (non-hydrogen) atoms. The van der Waals surface area contributed by atoms with Gasteiger partial charge in [0.05, 0.1) is 5.56 Å².